The molecule has 0 atom stereocenters. The Hall–Kier alpha value is -3.74. The van der Waals surface area contributed by atoms with Crippen molar-refractivity contribution in [3.63, 3.8) is 0 Å². The lowest BCUT2D eigenvalue weighted by Gasteiger charge is -2.10. The van der Waals surface area contributed by atoms with Crippen LogP contribution in [0.1, 0.15) is 17.5 Å². The van der Waals surface area contributed by atoms with Crippen molar-refractivity contribution in [3.8, 4) is 11.3 Å². The van der Waals surface area contributed by atoms with Gasteiger partial charge in [0.15, 0.2) is 5.65 Å². The Morgan fingerprint density at radius 2 is 2.03 bits per heavy atom. The van der Waals surface area contributed by atoms with E-state index in [4.69, 9.17) is 4.98 Å². The quantitative estimate of drug-likeness (QED) is 0.490. The average Bonchev–Trinajstić information content (AvgIpc) is 3.11. The fourth-order valence-corrected chi connectivity index (χ4v) is 3.30. The van der Waals surface area contributed by atoms with Crippen LogP contribution in [0.5, 0.6) is 0 Å². The number of halogens is 1. The van der Waals surface area contributed by atoms with Gasteiger partial charge < -0.3 is 10.6 Å². The van der Waals surface area contributed by atoms with E-state index in [1.807, 2.05) is 35.7 Å². The number of aromatic nitrogens is 3. The number of benzene rings is 2. The van der Waals surface area contributed by atoms with Gasteiger partial charge in [0, 0.05) is 37.5 Å². The zero-order valence-corrected chi connectivity index (χ0v) is 16.6. The van der Waals surface area contributed by atoms with Crippen LogP contribution in [0.25, 0.3) is 16.9 Å². The lowest BCUT2D eigenvalue weighted by molar-refractivity contribution is -0.121. The molecule has 2 aromatic heterocycles. The molecule has 6 nitrogen and oxygen atoms in total. The van der Waals surface area contributed by atoms with E-state index >= 15 is 0 Å². The van der Waals surface area contributed by atoms with E-state index in [0.717, 1.165) is 33.8 Å². The maximum atomic E-state index is 13.2. The van der Waals surface area contributed by atoms with Crippen LogP contribution in [-0.2, 0) is 11.3 Å². The highest BCUT2D eigenvalue weighted by molar-refractivity contribution is 5.78. The van der Waals surface area contributed by atoms with Crippen LogP contribution in [0.2, 0.25) is 0 Å². The summed E-state index contributed by atoms with van der Waals surface area (Å²) in [6.07, 6.45) is 5.52. The Labute approximate surface area is 173 Å². The topological polar surface area (TPSA) is 71.3 Å². The fourth-order valence-electron chi connectivity index (χ4n) is 3.30. The molecule has 2 aromatic carbocycles. The van der Waals surface area contributed by atoms with Gasteiger partial charge in [-0.3, -0.25) is 14.2 Å². The number of amides is 1. The van der Waals surface area contributed by atoms with E-state index in [1.165, 1.54) is 12.1 Å². The summed E-state index contributed by atoms with van der Waals surface area (Å²) in [5.41, 5.74) is 4.41. The SMILES string of the molecule is Cc1cccc(-c2nc3cnccn3c2NCCC(=O)NCc2cccc(F)c2)c1. The van der Waals surface area contributed by atoms with Crippen LogP contribution in [0.15, 0.2) is 67.1 Å². The number of nitrogens with zero attached hydrogens (tertiary/aromatic N) is 3. The molecule has 30 heavy (non-hydrogen) atoms. The minimum absolute atomic E-state index is 0.112. The Kier molecular flexibility index (Phi) is 5.70. The summed E-state index contributed by atoms with van der Waals surface area (Å²) < 4.78 is 15.2. The van der Waals surface area contributed by atoms with Gasteiger partial charge in [0.2, 0.25) is 5.91 Å². The maximum absolute atomic E-state index is 13.2. The second kappa shape index (κ2) is 8.73. The molecule has 0 unspecified atom stereocenters. The molecule has 0 aliphatic carbocycles. The van der Waals surface area contributed by atoms with Crippen molar-refractivity contribution >= 4 is 17.4 Å². The standard InChI is InChI=1S/C23H22FN5O/c1-16-4-2-6-18(12-16)22-23(29-11-10-25-15-20(29)28-22)26-9-8-21(30)27-14-17-5-3-7-19(24)13-17/h2-7,10-13,15,26H,8-9,14H2,1H3,(H,27,30). The molecule has 0 radical (unpaired) electrons. The first-order valence-electron chi connectivity index (χ1n) is 9.74. The first kappa shape index (κ1) is 19.6. The van der Waals surface area contributed by atoms with Crippen molar-refractivity contribution in [3.05, 3.63) is 84.1 Å². The largest absolute Gasteiger partial charge is 0.369 e. The smallest absolute Gasteiger partial charge is 0.222 e. The molecule has 0 bridgehead atoms. The number of hydrogen-bond acceptors (Lipinski definition) is 4. The lowest BCUT2D eigenvalue weighted by Crippen LogP contribution is -2.25. The summed E-state index contributed by atoms with van der Waals surface area (Å²) in [4.78, 5) is 21.1. The molecule has 7 heteroatoms. The number of nitrogens with one attached hydrogen (secondary N) is 2. The van der Waals surface area contributed by atoms with Crippen molar-refractivity contribution < 1.29 is 9.18 Å². The third-order valence-electron chi connectivity index (χ3n) is 4.74. The van der Waals surface area contributed by atoms with Gasteiger partial charge in [0.25, 0.3) is 0 Å². The number of aryl methyl sites for hydroxylation is 1. The van der Waals surface area contributed by atoms with Gasteiger partial charge >= 0.3 is 0 Å². The van der Waals surface area contributed by atoms with Gasteiger partial charge in [-0.25, -0.2) is 9.37 Å². The van der Waals surface area contributed by atoms with Crippen molar-refractivity contribution in [2.24, 2.45) is 0 Å². The van der Waals surface area contributed by atoms with Gasteiger partial charge in [-0.2, -0.15) is 0 Å². The summed E-state index contributed by atoms with van der Waals surface area (Å²) in [5.74, 6) is 0.393. The Morgan fingerprint density at radius 3 is 2.87 bits per heavy atom. The molecule has 4 rings (SSSR count). The molecule has 0 aliphatic rings. The molecule has 0 fully saturated rings. The Balaban J connectivity index is 1.44. The molecule has 2 N–H and O–H groups in total. The van der Waals surface area contributed by atoms with Crippen LogP contribution in [-0.4, -0.2) is 26.8 Å². The lowest BCUT2D eigenvalue weighted by atomic mass is 10.1. The minimum atomic E-state index is -0.311. The molecular formula is C23H22FN5O. The highest BCUT2D eigenvalue weighted by Crippen LogP contribution is 2.29. The molecule has 0 spiro atoms. The third kappa shape index (κ3) is 4.46. The minimum Gasteiger partial charge on any atom is -0.369 e. The van der Waals surface area contributed by atoms with Crippen LogP contribution < -0.4 is 10.6 Å². The van der Waals surface area contributed by atoms with E-state index in [9.17, 15) is 9.18 Å². The number of anilines is 1. The van der Waals surface area contributed by atoms with E-state index in [-0.39, 0.29) is 18.1 Å². The zero-order valence-electron chi connectivity index (χ0n) is 16.6. The molecule has 152 valence electrons. The van der Waals surface area contributed by atoms with Crippen LogP contribution in [0.4, 0.5) is 10.2 Å². The number of rotatable bonds is 7. The first-order chi connectivity index (χ1) is 14.6. The van der Waals surface area contributed by atoms with Gasteiger partial charge in [-0.1, -0.05) is 35.9 Å². The normalized spacial score (nSPS) is 10.9. The molecule has 2 heterocycles. The average molecular weight is 403 g/mol. The van der Waals surface area contributed by atoms with Crippen LogP contribution in [0.3, 0.4) is 0 Å². The molecule has 0 aliphatic heterocycles. The zero-order chi connectivity index (χ0) is 20.9. The monoisotopic (exact) mass is 403 g/mol. The Bertz CT molecular complexity index is 1190. The molecule has 0 saturated heterocycles. The highest BCUT2D eigenvalue weighted by atomic mass is 19.1. The first-order valence-corrected chi connectivity index (χ1v) is 9.74. The predicted molar refractivity (Wildman–Crippen MR) is 115 cm³/mol. The summed E-state index contributed by atoms with van der Waals surface area (Å²) in [6, 6.07) is 14.3. The number of carbonyl (C=O) groups excluding carboxylic acids is 1. The van der Waals surface area contributed by atoms with Crippen molar-refractivity contribution in [1.82, 2.24) is 19.7 Å². The van der Waals surface area contributed by atoms with E-state index in [2.05, 4.69) is 21.7 Å². The predicted octanol–water partition coefficient (Wildman–Crippen LogP) is 3.96. The second-order valence-corrected chi connectivity index (χ2v) is 7.07. The van der Waals surface area contributed by atoms with Gasteiger partial charge in [0.1, 0.15) is 17.3 Å². The summed E-state index contributed by atoms with van der Waals surface area (Å²) in [7, 11) is 0. The van der Waals surface area contributed by atoms with E-state index < -0.39 is 0 Å². The van der Waals surface area contributed by atoms with Crippen LogP contribution >= 0.6 is 0 Å². The summed E-state index contributed by atoms with van der Waals surface area (Å²) >= 11 is 0. The molecular weight excluding hydrogens is 381 g/mol. The van der Waals surface area contributed by atoms with Crippen LogP contribution in [0, 0.1) is 12.7 Å². The fraction of sp³-hybridized carbons (Fsp3) is 0.174. The van der Waals surface area contributed by atoms with Crippen molar-refractivity contribution in [2.75, 3.05) is 11.9 Å². The molecule has 0 saturated carbocycles. The highest BCUT2D eigenvalue weighted by Gasteiger charge is 2.14. The number of fused-ring (bicyclic) bond motifs is 1. The number of hydrogen-bond donors (Lipinski definition) is 2. The van der Waals surface area contributed by atoms with E-state index in [0.29, 0.717) is 13.1 Å². The third-order valence-corrected chi connectivity index (χ3v) is 4.74. The number of imidazole rings is 1. The Morgan fingerprint density at radius 1 is 1.17 bits per heavy atom. The van der Waals surface area contributed by atoms with Crippen molar-refractivity contribution in [1.29, 1.82) is 0 Å². The van der Waals surface area contributed by atoms with Gasteiger partial charge in [0.05, 0.1) is 6.20 Å². The van der Waals surface area contributed by atoms with Gasteiger partial charge in [-0.15, -0.1) is 0 Å². The second-order valence-electron chi connectivity index (χ2n) is 7.07. The van der Waals surface area contributed by atoms with E-state index in [1.54, 1.807) is 24.5 Å². The summed E-state index contributed by atoms with van der Waals surface area (Å²) in [6.45, 7) is 2.77. The van der Waals surface area contributed by atoms with Gasteiger partial charge in [-0.05, 0) is 30.7 Å². The summed E-state index contributed by atoms with van der Waals surface area (Å²) in [5, 5.41) is 6.16. The van der Waals surface area contributed by atoms with Crippen molar-refractivity contribution in [2.45, 2.75) is 19.9 Å². The molecule has 1 amide bonds. The molecule has 4 aromatic rings. The maximum Gasteiger partial charge on any atom is 0.222 e. The number of carbonyl (C=O) groups is 1.